The number of carbonyl (C=O) groups excluding carboxylic acids is 1. The molecule has 238 valence electrons. The van der Waals surface area contributed by atoms with E-state index >= 15 is 0 Å². The van der Waals surface area contributed by atoms with Gasteiger partial charge in [0.25, 0.3) is 0 Å². The molecule has 0 radical (unpaired) electrons. The summed E-state index contributed by atoms with van der Waals surface area (Å²) in [4.78, 5) is 17.1. The zero-order valence-electron chi connectivity index (χ0n) is 26.9. The number of aromatic nitrogens is 1. The first kappa shape index (κ1) is 32.0. The lowest BCUT2D eigenvalue weighted by atomic mass is 9.60. The van der Waals surface area contributed by atoms with Crippen LogP contribution in [0, 0.1) is 23.2 Å². The van der Waals surface area contributed by atoms with Crippen molar-refractivity contribution in [1.29, 1.82) is 0 Å². The first-order chi connectivity index (χ1) is 20.6. The molecule has 3 N–H and O–H groups in total. The Hall–Kier alpha value is -2.38. The molecule has 4 aliphatic carbocycles. The maximum Gasteiger partial charge on any atom is 0.407 e. The molecule has 7 atom stereocenters. The monoisotopic (exact) mass is 594 g/mol. The molecule has 0 spiro atoms. The summed E-state index contributed by atoms with van der Waals surface area (Å²) in [5.41, 5.74) is 3.18. The highest BCUT2D eigenvalue weighted by Gasteiger charge is 2.57. The zero-order chi connectivity index (χ0) is 30.8. The van der Waals surface area contributed by atoms with E-state index in [1.165, 1.54) is 31.3 Å². The van der Waals surface area contributed by atoms with Gasteiger partial charge in [0.15, 0.2) is 0 Å². The number of aliphatic hydroxyl groups excluding tert-OH is 2. The van der Waals surface area contributed by atoms with Gasteiger partial charge in [0.1, 0.15) is 11.9 Å². The normalized spacial score (nSPS) is 33.3. The van der Waals surface area contributed by atoms with Gasteiger partial charge in [-0.25, -0.2) is 9.78 Å². The van der Waals surface area contributed by atoms with Crippen molar-refractivity contribution >= 4 is 6.09 Å². The molecular formula is C36H54N2O5. The van der Waals surface area contributed by atoms with Crippen LogP contribution in [0.5, 0.6) is 0 Å². The average molecular weight is 595 g/mol. The molecule has 4 fully saturated rings. The van der Waals surface area contributed by atoms with E-state index in [-0.39, 0.29) is 23.0 Å². The highest BCUT2D eigenvalue weighted by atomic mass is 16.6. The number of unbranched alkanes of at least 4 members (excludes halogenated alkanes) is 1. The summed E-state index contributed by atoms with van der Waals surface area (Å²) in [5.74, 6) is 3.34. The molecule has 1 amide bonds. The van der Waals surface area contributed by atoms with Gasteiger partial charge >= 0.3 is 6.09 Å². The van der Waals surface area contributed by atoms with Crippen LogP contribution >= 0.6 is 0 Å². The smallest absolute Gasteiger partial charge is 0.407 e. The zero-order valence-corrected chi connectivity index (χ0v) is 26.9. The lowest BCUT2D eigenvalue weighted by molar-refractivity contribution is 0.0479. The van der Waals surface area contributed by atoms with Crippen molar-refractivity contribution < 1.29 is 24.2 Å². The van der Waals surface area contributed by atoms with E-state index in [0.717, 1.165) is 74.2 Å². The number of oxazole rings is 1. The Bertz CT molecular complexity index is 1210. The van der Waals surface area contributed by atoms with Crippen molar-refractivity contribution in [2.24, 2.45) is 23.2 Å². The van der Waals surface area contributed by atoms with Gasteiger partial charge in [0, 0.05) is 19.9 Å². The maximum atomic E-state index is 12.5. The van der Waals surface area contributed by atoms with Gasteiger partial charge < -0.3 is 24.7 Å². The van der Waals surface area contributed by atoms with Gasteiger partial charge in [0.2, 0.25) is 5.89 Å². The Morgan fingerprint density at radius 1 is 1.26 bits per heavy atom. The van der Waals surface area contributed by atoms with Crippen LogP contribution in [-0.2, 0) is 16.6 Å². The molecule has 7 nitrogen and oxygen atoms in total. The molecule has 1 heterocycles. The number of nitrogens with zero attached hydrogens (tertiary/aromatic N) is 1. The Morgan fingerprint density at radius 3 is 2.77 bits per heavy atom. The van der Waals surface area contributed by atoms with Gasteiger partial charge in [-0.2, -0.15) is 0 Å². The molecule has 0 bridgehead atoms. The van der Waals surface area contributed by atoms with E-state index in [0.29, 0.717) is 30.6 Å². The number of rotatable bonds is 11. The Kier molecular flexibility index (Phi) is 9.92. The van der Waals surface area contributed by atoms with E-state index in [4.69, 9.17) is 9.15 Å². The topological polar surface area (TPSA) is 105 Å². The number of ether oxygens (including phenoxy) is 1. The standard InChI is InChI=1S/C36H54N2O5/c1-6-7-10-28-22-38-33(42-28)36(18-19-36)32(43-34(41)37-5)16-11-23(2)29-14-15-30-25(9-8-17-35(29,30)4)12-13-26-20-27(39)21-31(40)24(26)3/h12-13,22-23,27,29-32,39-40H,3,6-11,14-21H2,1-2,4-5H3,(H,37,41)/t23-,27-,29-,30+,31+,32-,35-/m1/s1. The van der Waals surface area contributed by atoms with Gasteiger partial charge in [-0.3, -0.25) is 0 Å². The molecular weight excluding hydrogens is 540 g/mol. The van der Waals surface area contributed by atoms with Crippen molar-refractivity contribution in [3.8, 4) is 0 Å². The molecule has 43 heavy (non-hydrogen) atoms. The highest BCUT2D eigenvalue weighted by Crippen LogP contribution is 2.60. The van der Waals surface area contributed by atoms with Crippen molar-refractivity contribution in [1.82, 2.24) is 10.3 Å². The fourth-order valence-corrected chi connectivity index (χ4v) is 8.74. The number of hydrogen-bond donors (Lipinski definition) is 3. The quantitative estimate of drug-likeness (QED) is 0.248. The molecule has 0 aromatic carbocycles. The van der Waals surface area contributed by atoms with Crippen LogP contribution in [0.25, 0.3) is 0 Å². The first-order valence-electron chi connectivity index (χ1n) is 16.9. The third-order valence-electron chi connectivity index (χ3n) is 11.5. The largest absolute Gasteiger partial charge is 0.445 e. The predicted octanol–water partition coefficient (Wildman–Crippen LogP) is 7.33. The summed E-state index contributed by atoms with van der Waals surface area (Å²) >= 11 is 0. The van der Waals surface area contributed by atoms with Gasteiger partial charge in [0.05, 0.1) is 23.8 Å². The van der Waals surface area contributed by atoms with Crippen molar-refractivity contribution in [3.63, 3.8) is 0 Å². The third kappa shape index (κ3) is 6.68. The number of amides is 1. The molecule has 1 aromatic rings. The number of alkyl carbamates (subject to hydrolysis) is 1. The minimum absolute atomic E-state index is 0.246. The summed E-state index contributed by atoms with van der Waals surface area (Å²) < 4.78 is 12.3. The molecule has 5 rings (SSSR count). The second-order valence-electron chi connectivity index (χ2n) is 14.3. The SMILES string of the molecule is C=C1C(=CC=C2CCC[C@]3(C)[C@@H]([C@H](C)CC[C@@H](OC(=O)NC)C4(c5ncc(CCCC)o5)CC4)CC[C@@H]23)C[C@@H](O)C[C@@H]1O. The van der Waals surface area contributed by atoms with Crippen LogP contribution in [0.15, 0.2) is 46.1 Å². The van der Waals surface area contributed by atoms with Crippen LogP contribution in [-0.4, -0.2) is 46.6 Å². The Morgan fingerprint density at radius 2 is 2.05 bits per heavy atom. The van der Waals surface area contributed by atoms with Crippen LogP contribution < -0.4 is 5.32 Å². The average Bonchev–Trinajstić information content (AvgIpc) is 3.50. The molecule has 0 aliphatic heterocycles. The van der Waals surface area contributed by atoms with Crippen molar-refractivity contribution in [2.75, 3.05) is 7.05 Å². The molecule has 0 saturated heterocycles. The number of allylic oxidation sites excluding steroid dienone is 3. The van der Waals surface area contributed by atoms with Crippen LogP contribution in [0.2, 0.25) is 0 Å². The van der Waals surface area contributed by atoms with Gasteiger partial charge in [-0.05, 0) is 105 Å². The second-order valence-corrected chi connectivity index (χ2v) is 14.3. The Balaban J connectivity index is 1.27. The maximum absolute atomic E-state index is 12.5. The minimum Gasteiger partial charge on any atom is -0.445 e. The fourth-order valence-electron chi connectivity index (χ4n) is 8.74. The minimum atomic E-state index is -0.653. The summed E-state index contributed by atoms with van der Waals surface area (Å²) in [6, 6.07) is 0. The number of hydrogen-bond acceptors (Lipinski definition) is 6. The van der Waals surface area contributed by atoms with Crippen molar-refractivity contribution in [2.45, 2.75) is 134 Å². The summed E-state index contributed by atoms with van der Waals surface area (Å²) in [6.45, 7) is 11.2. The predicted molar refractivity (Wildman–Crippen MR) is 168 cm³/mol. The summed E-state index contributed by atoms with van der Waals surface area (Å²) in [7, 11) is 1.62. The van der Waals surface area contributed by atoms with Gasteiger partial charge in [-0.15, -0.1) is 0 Å². The lowest BCUT2D eigenvalue weighted by Gasteiger charge is -2.44. The summed E-state index contributed by atoms with van der Waals surface area (Å²) in [5, 5.41) is 23.1. The Labute approximate surface area is 258 Å². The number of carbonyl (C=O) groups is 1. The van der Waals surface area contributed by atoms with E-state index < -0.39 is 12.2 Å². The van der Waals surface area contributed by atoms with Gasteiger partial charge in [-0.1, -0.05) is 51.5 Å². The number of aryl methyl sites for hydroxylation is 1. The molecule has 4 aliphatic rings. The summed E-state index contributed by atoms with van der Waals surface area (Å²) in [6.07, 6.45) is 18.1. The van der Waals surface area contributed by atoms with E-state index in [1.54, 1.807) is 7.05 Å². The molecule has 0 unspecified atom stereocenters. The van der Waals surface area contributed by atoms with Crippen molar-refractivity contribution in [3.05, 3.63) is 53.3 Å². The molecule has 4 saturated carbocycles. The number of fused-ring (bicyclic) bond motifs is 1. The van der Waals surface area contributed by atoms with E-state index in [1.807, 2.05) is 6.20 Å². The number of aliphatic hydroxyl groups is 2. The van der Waals surface area contributed by atoms with Crippen LogP contribution in [0.1, 0.15) is 116 Å². The van der Waals surface area contributed by atoms with Crippen LogP contribution in [0.3, 0.4) is 0 Å². The highest BCUT2D eigenvalue weighted by molar-refractivity contribution is 5.67. The molecule has 7 heteroatoms. The third-order valence-corrected chi connectivity index (χ3v) is 11.5. The van der Waals surface area contributed by atoms with E-state index in [9.17, 15) is 15.0 Å². The number of nitrogens with one attached hydrogen (secondary N) is 1. The van der Waals surface area contributed by atoms with Crippen LogP contribution in [0.4, 0.5) is 4.79 Å². The first-order valence-corrected chi connectivity index (χ1v) is 16.9. The lowest BCUT2D eigenvalue weighted by Crippen LogP contribution is -2.38. The fraction of sp³-hybridized carbons (Fsp3) is 0.722. The molecule has 1 aromatic heterocycles. The van der Waals surface area contributed by atoms with E-state index in [2.05, 4.69) is 49.8 Å². The second kappa shape index (κ2) is 13.3.